The van der Waals surface area contributed by atoms with Crippen molar-refractivity contribution in [2.24, 2.45) is 0 Å². The van der Waals surface area contributed by atoms with Crippen LogP contribution in [0.4, 0.5) is 0 Å². The van der Waals surface area contributed by atoms with E-state index in [1.807, 2.05) is 0 Å². The van der Waals surface area contributed by atoms with E-state index in [0.29, 0.717) is 0 Å². The molecule has 0 fully saturated rings. The molecule has 1 nitrogen and oxygen atoms in total. The molecular weight excluding hydrogens is 261 g/mol. The Labute approximate surface area is 125 Å². The van der Waals surface area contributed by atoms with Crippen molar-refractivity contribution in [3.05, 3.63) is 41.2 Å². The van der Waals surface area contributed by atoms with Gasteiger partial charge in [-0.25, -0.2) is 0 Å². The number of rotatable bonds is 1. The topological polar surface area (TPSA) is 4.93 Å². The lowest BCUT2D eigenvalue weighted by atomic mass is 9.90. The largest absolute Gasteiger partial charge is 0.318 e. The first-order valence-corrected chi connectivity index (χ1v) is 8.13. The SMILES string of the molecule is Cc1c(C(C)(C)C)pn(C(C)(C)C)c1-c1ccccc1. The number of hydrogen-bond acceptors (Lipinski definition) is 0. The summed E-state index contributed by atoms with van der Waals surface area (Å²) >= 11 is 0. The highest BCUT2D eigenvalue weighted by molar-refractivity contribution is 7.27. The Kier molecular flexibility index (Phi) is 3.86. The summed E-state index contributed by atoms with van der Waals surface area (Å²) in [5.74, 6) is 0. The maximum Gasteiger partial charge on any atom is 0.0558 e. The van der Waals surface area contributed by atoms with E-state index in [1.54, 1.807) is 0 Å². The second-order valence-corrected chi connectivity index (χ2v) is 8.57. The molecule has 0 aliphatic heterocycles. The summed E-state index contributed by atoms with van der Waals surface area (Å²) in [6.07, 6.45) is 0. The maximum atomic E-state index is 2.53. The zero-order chi connectivity index (χ0) is 15.1. The average molecular weight is 287 g/mol. The lowest BCUT2D eigenvalue weighted by Gasteiger charge is -2.24. The summed E-state index contributed by atoms with van der Waals surface area (Å²) in [5.41, 5.74) is 4.50. The minimum Gasteiger partial charge on any atom is -0.318 e. The third kappa shape index (κ3) is 2.83. The van der Waals surface area contributed by atoms with Crippen LogP contribution in [0.15, 0.2) is 30.3 Å². The fourth-order valence-corrected chi connectivity index (χ4v) is 4.05. The number of hydrogen-bond donors (Lipinski definition) is 0. The van der Waals surface area contributed by atoms with Crippen LogP contribution in [0.1, 0.15) is 52.4 Å². The van der Waals surface area contributed by atoms with Gasteiger partial charge in [-0.05, 0) is 44.2 Å². The van der Waals surface area contributed by atoms with Crippen LogP contribution in [0, 0.1) is 6.92 Å². The molecular formula is C18H26NP. The Morgan fingerprint density at radius 3 is 1.90 bits per heavy atom. The molecule has 0 spiro atoms. The van der Waals surface area contributed by atoms with Gasteiger partial charge in [-0.3, -0.25) is 0 Å². The van der Waals surface area contributed by atoms with E-state index in [1.165, 1.54) is 30.5 Å². The van der Waals surface area contributed by atoms with E-state index in [0.717, 1.165) is 0 Å². The van der Waals surface area contributed by atoms with Crippen LogP contribution < -0.4 is 0 Å². The minimum absolute atomic E-state index is 0.126. The number of nitrogens with zero attached hydrogens (tertiary/aromatic N) is 1. The van der Waals surface area contributed by atoms with Gasteiger partial charge in [-0.15, -0.1) is 0 Å². The molecule has 0 saturated carbocycles. The lowest BCUT2D eigenvalue weighted by molar-refractivity contribution is 0.433. The van der Waals surface area contributed by atoms with Crippen molar-refractivity contribution in [2.45, 2.75) is 59.4 Å². The highest BCUT2D eigenvalue weighted by Gasteiger charge is 2.27. The van der Waals surface area contributed by atoms with E-state index in [-0.39, 0.29) is 11.0 Å². The summed E-state index contributed by atoms with van der Waals surface area (Å²) in [4.78, 5) is 0. The molecule has 108 valence electrons. The van der Waals surface area contributed by atoms with Crippen molar-refractivity contribution in [1.29, 1.82) is 0 Å². The van der Waals surface area contributed by atoms with Crippen molar-refractivity contribution in [2.75, 3.05) is 0 Å². The van der Waals surface area contributed by atoms with Crippen molar-refractivity contribution in [3.63, 3.8) is 0 Å². The molecule has 0 aliphatic rings. The van der Waals surface area contributed by atoms with Gasteiger partial charge in [-0.1, -0.05) is 51.1 Å². The average Bonchev–Trinajstić information content (AvgIpc) is 2.67. The van der Waals surface area contributed by atoms with Gasteiger partial charge in [-0.2, -0.15) is 0 Å². The summed E-state index contributed by atoms with van der Waals surface area (Å²) < 4.78 is 2.53. The zero-order valence-corrected chi connectivity index (χ0v) is 14.7. The van der Waals surface area contributed by atoms with Gasteiger partial charge < -0.3 is 4.33 Å². The summed E-state index contributed by atoms with van der Waals surface area (Å²) in [6, 6.07) is 10.8. The third-order valence-electron chi connectivity index (χ3n) is 3.52. The van der Waals surface area contributed by atoms with Crippen LogP contribution in [0.2, 0.25) is 0 Å². The quantitative estimate of drug-likeness (QED) is 0.597. The van der Waals surface area contributed by atoms with Gasteiger partial charge in [0.1, 0.15) is 0 Å². The molecule has 1 aromatic heterocycles. The predicted octanol–water partition coefficient (Wildman–Crippen LogP) is 6.10. The van der Waals surface area contributed by atoms with Gasteiger partial charge in [0.2, 0.25) is 0 Å². The molecule has 1 heterocycles. The number of benzene rings is 1. The summed E-state index contributed by atoms with van der Waals surface area (Å²) in [5, 5.41) is 1.53. The molecule has 1 aromatic carbocycles. The predicted molar refractivity (Wildman–Crippen MR) is 90.8 cm³/mol. The van der Waals surface area contributed by atoms with Gasteiger partial charge in [0.05, 0.1) is 5.69 Å². The first-order chi connectivity index (χ1) is 9.12. The normalized spacial score (nSPS) is 13.2. The highest BCUT2D eigenvalue weighted by Crippen LogP contribution is 2.43. The smallest absolute Gasteiger partial charge is 0.0558 e. The van der Waals surface area contributed by atoms with Crippen LogP contribution in [0.5, 0.6) is 0 Å². The van der Waals surface area contributed by atoms with Crippen LogP contribution >= 0.6 is 8.35 Å². The fraction of sp³-hybridized carbons (Fsp3) is 0.500. The molecule has 2 heteroatoms. The van der Waals surface area contributed by atoms with Crippen LogP contribution in [-0.4, -0.2) is 4.33 Å². The second-order valence-electron chi connectivity index (χ2n) is 7.52. The summed E-state index contributed by atoms with van der Waals surface area (Å²) in [6.45, 7) is 16.1. The molecule has 0 bridgehead atoms. The number of aromatic nitrogens is 1. The van der Waals surface area contributed by atoms with Crippen molar-refractivity contribution >= 4 is 8.35 Å². The molecule has 0 aliphatic carbocycles. The molecule has 0 atom stereocenters. The molecule has 0 amide bonds. The van der Waals surface area contributed by atoms with Crippen LogP contribution in [0.3, 0.4) is 0 Å². The van der Waals surface area contributed by atoms with Gasteiger partial charge in [0.25, 0.3) is 0 Å². The van der Waals surface area contributed by atoms with E-state index in [2.05, 4.69) is 83.1 Å². The lowest BCUT2D eigenvalue weighted by Crippen LogP contribution is -2.19. The monoisotopic (exact) mass is 287 g/mol. The molecule has 0 radical (unpaired) electrons. The maximum absolute atomic E-state index is 2.53. The van der Waals surface area contributed by atoms with Gasteiger partial charge in [0, 0.05) is 19.2 Å². The fourth-order valence-electron chi connectivity index (χ4n) is 2.63. The Bertz CT molecular complexity index is 595. The molecule has 2 rings (SSSR count). The molecule has 0 unspecified atom stereocenters. The van der Waals surface area contributed by atoms with Crippen LogP contribution in [-0.2, 0) is 11.0 Å². The minimum atomic E-state index is 0.126. The highest BCUT2D eigenvalue weighted by atomic mass is 31.0. The van der Waals surface area contributed by atoms with E-state index in [4.69, 9.17) is 0 Å². The van der Waals surface area contributed by atoms with Gasteiger partial charge >= 0.3 is 0 Å². The standard InChI is InChI=1S/C18H26NP/c1-13-15(14-11-9-8-10-12-14)19(18(5,6)7)20-16(13)17(2,3)4/h8-12H,1-7H3. The Hall–Kier alpha value is -1.07. The Morgan fingerprint density at radius 2 is 1.45 bits per heavy atom. The van der Waals surface area contributed by atoms with Crippen LogP contribution in [0.25, 0.3) is 11.3 Å². The first-order valence-electron chi connectivity index (χ1n) is 7.28. The van der Waals surface area contributed by atoms with E-state index in [9.17, 15) is 0 Å². The third-order valence-corrected chi connectivity index (χ3v) is 5.72. The van der Waals surface area contributed by atoms with Gasteiger partial charge in [0.15, 0.2) is 0 Å². The summed E-state index contributed by atoms with van der Waals surface area (Å²) in [7, 11) is 1.33. The Balaban J connectivity index is 2.75. The Morgan fingerprint density at radius 1 is 0.900 bits per heavy atom. The molecule has 0 N–H and O–H groups in total. The van der Waals surface area contributed by atoms with E-state index >= 15 is 0 Å². The molecule has 0 saturated heterocycles. The zero-order valence-electron chi connectivity index (χ0n) is 13.8. The molecule has 20 heavy (non-hydrogen) atoms. The first kappa shape index (κ1) is 15.3. The van der Waals surface area contributed by atoms with Crippen molar-refractivity contribution < 1.29 is 0 Å². The van der Waals surface area contributed by atoms with Crippen molar-refractivity contribution in [3.8, 4) is 11.3 Å². The second kappa shape index (κ2) is 5.04. The van der Waals surface area contributed by atoms with Crippen molar-refractivity contribution in [1.82, 2.24) is 4.33 Å². The van der Waals surface area contributed by atoms with E-state index < -0.39 is 0 Å². The molecule has 2 aromatic rings.